The maximum absolute atomic E-state index is 14.2. The Morgan fingerprint density at radius 3 is 2.46 bits per heavy atom. The minimum Gasteiger partial charge on any atom is -0.481 e. The van der Waals surface area contributed by atoms with E-state index in [0.29, 0.717) is 42.4 Å². The maximum atomic E-state index is 14.2. The summed E-state index contributed by atoms with van der Waals surface area (Å²) >= 11 is 0. The second-order valence-corrected chi connectivity index (χ2v) is 10.8. The first-order valence-electron chi connectivity index (χ1n) is 11.9. The number of amides is 1. The highest BCUT2D eigenvalue weighted by atomic mass is 32.2. The van der Waals surface area contributed by atoms with Crippen molar-refractivity contribution in [2.75, 3.05) is 13.1 Å². The molecule has 192 valence electrons. The smallest absolute Gasteiger partial charge is 0.303 e. The van der Waals surface area contributed by atoms with Gasteiger partial charge in [0.05, 0.1) is 29.1 Å². The van der Waals surface area contributed by atoms with Gasteiger partial charge in [0.15, 0.2) is 0 Å². The number of piperidine rings is 1. The fraction of sp³-hybridized carbons (Fsp3) is 0.269. The minimum atomic E-state index is -3.96. The van der Waals surface area contributed by atoms with Crippen LogP contribution in [0.25, 0.3) is 22.0 Å². The lowest BCUT2D eigenvalue weighted by atomic mass is 10.0. The summed E-state index contributed by atoms with van der Waals surface area (Å²) in [7, 11) is -3.96. The van der Waals surface area contributed by atoms with Gasteiger partial charge in [0.25, 0.3) is 10.0 Å². The van der Waals surface area contributed by atoms with E-state index in [0.717, 1.165) is 3.97 Å². The van der Waals surface area contributed by atoms with Gasteiger partial charge in [0.2, 0.25) is 5.91 Å². The van der Waals surface area contributed by atoms with Gasteiger partial charge in [0, 0.05) is 48.4 Å². The fourth-order valence-electron chi connectivity index (χ4n) is 4.73. The molecular formula is C26H25FN4O5S. The van der Waals surface area contributed by atoms with Crippen molar-refractivity contribution in [2.45, 2.75) is 36.6 Å². The summed E-state index contributed by atoms with van der Waals surface area (Å²) < 4.78 is 43.8. The summed E-state index contributed by atoms with van der Waals surface area (Å²) in [5.41, 5.74) is 1.54. The molecule has 0 aliphatic carbocycles. The van der Waals surface area contributed by atoms with Crippen molar-refractivity contribution in [2.24, 2.45) is 0 Å². The van der Waals surface area contributed by atoms with Gasteiger partial charge >= 0.3 is 5.97 Å². The van der Waals surface area contributed by atoms with Crippen molar-refractivity contribution in [3.8, 4) is 11.1 Å². The van der Waals surface area contributed by atoms with E-state index in [1.165, 1.54) is 30.5 Å². The molecule has 0 bridgehead atoms. The number of hydrogen-bond acceptors (Lipinski definition) is 5. The second kappa shape index (κ2) is 9.81. The van der Waals surface area contributed by atoms with Crippen molar-refractivity contribution in [3.05, 3.63) is 72.9 Å². The molecule has 3 heterocycles. The molecule has 2 aromatic heterocycles. The van der Waals surface area contributed by atoms with Crippen molar-refractivity contribution >= 4 is 32.8 Å². The highest BCUT2D eigenvalue weighted by Gasteiger charge is 2.26. The molecule has 1 amide bonds. The average molecular weight is 525 g/mol. The number of nitrogens with zero attached hydrogens (tertiary/aromatic N) is 4. The van der Waals surface area contributed by atoms with Crippen molar-refractivity contribution < 1.29 is 27.5 Å². The van der Waals surface area contributed by atoms with Crippen molar-refractivity contribution in [1.82, 2.24) is 18.7 Å². The van der Waals surface area contributed by atoms with E-state index in [9.17, 15) is 22.4 Å². The molecule has 1 aliphatic heterocycles. The molecule has 1 fully saturated rings. The zero-order valence-electron chi connectivity index (χ0n) is 19.8. The Balaban J connectivity index is 1.41. The molecule has 37 heavy (non-hydrogen) atoms. The number of carbonyl (C=O) groups excluding carboxylic acids is 1. The first-order chi connectivity index (χ1) is 17.7. The van der Waals surface area contributed by atoms with Crippen LogP contribution in [0.5, 0.6) is 0 Å². The van der Waals surface area contributed by atoms with Gasteiger partial charge in [-0.3, -0.25) is 14.3 Å². The number of fused-ring (bicyclic) bond motifs is 1. The van der Waals surface area contributed by atoms with Gasteiger partial charge < -0.3 is 10.0 Å². The van der Waals surface area contributed by atoms with E-state index < -0.39 is 21.8 Å². The highest BCUT2D eigenvalue weighted by Crippen LogP contribution is 2.34. The normalized spacial score (nSPS) is 14.8. The van der Waals surface area contributed by atoms with Crippen LogP contribution in [0.2, 0.25) is 0 Å². The topological polar surface area (TPSA) is 114 Å². The lowest BCUT2D eigenvalue weighted by Gasteiger charge is -2.32. The number of rotatable bonds is 7. The van der Waals surface area contributed by atoms with E-state index in [1.807, 2.05) is 10.9 Å². The molecule has 11 heteroatoms. The fourth-order valence-corrected chi connectivity index (χ4v) is 6.12. The van der Waals surface area contributed by atoms with Crippen LogP contribution in [0.4, 0.5) is 4.39 Å². The van der Waals surface area contributed by atoms with Crippen LogP contribution < -0.4 is 0 Å². The summed E-state index contributed by atoms with van der Waals surface area (Å²) in [5, 5.41) is 13.9. The summed E-state index contributed by atoms with van der Waals surface area (Å²) in [5.74, 6) is -1.70. The quantitative estimate of drug-likeness (QED) is 0.392. The van der Waals surface area contributed by atoms with Gasteiger partial charge in [-0.05, 0) is 43.2 Å². The van der Waals surface area contributed by atoms with Crippen LogP contribution in [0.1, 0.15) is 31.7 Å². The standard InChI is InChI=1S/C26H25FN4O5S/c27-19-6-7-22-23(17-31(24(22)14-19)37(35,36)21-4-2-1-3-5-21)18-15-28-30(16-18)20-10-12-29(13-11-20)25(32)8-9-26(33)34/h1-7,14-17,20H,8-13H2,(H,33,34). The van der Waals surface area contributed by atoms with Crippen molar-refractivity contribution in [1.29, 1.82) is 0 Å². The third kappa shape index (κ3) is 4.86. The number of aromatic nitrogens is 3. The molecule has 0 atom stereocenters. The van der Waals surface area contributed by atoms with Crippen LogP contribution in [0, 0.1) is 5.82 Å². The zero-order valence-corrected chi connectivity index (χ0v) is 20.6. The maximum Gasteiger partial charge on any atom is 0.303 e. The predicted octanol–water partition coefficient (Wildman–Crippen LogP) is 3.91. The van der Waals surface area contributed by atoms with Gasteiger partial charge in [0.1, 0.15) is 5.82 Å². The molecule has 9 nitrogen and oxygen atoms in total. The molecule has 1 N–H and O–H groups in total. The lowest BCUT2D eigenvalue weighted by Crippen LogP contribution is -2.39. The van der Waals surface area contributed by atoms with Gasteiger partial charge in [-0.25, -0.2) is 16.8 Å². The number of carbonyl (C=O) groups is 2. The highest BCUT2D eigenvalue weighted by molar-refractivity contribution is 7.90. The lowest BCUT2D eigenvalue weighted by molar-refractivity contribution is -0.141. The van der Waals surface area contributed by atoms with Gasteiger partial charge in [-0.2, -0.15) is 5.10 Å². The number of likely N-dealkylation sites (tertiary alicyclic amines) is 1. The SMILES string of the molecule is O=C(O)CCC(=O)N1CCC(n2cc(-c3cn(S(=O)(=O)c4ccccc4)c4cc(F)ccc34)cn2)CC1. The number of carboxylic acids is 1. The Morgan fingerprint density at radius 1 is 1.03 bits per heavy atom. The van der Waals surface area contributed by atoms with Crippen molar-refractivity contribution in [3.63, 3.8) is 0 Å². The average Bonchev–Trinajstić information content (AvgIpc) is 3.53. The summed E-state index contributed by atoms with van der Waals surface area (Å²) in [6.07, 6.45) is 6.12. The Hall–Kier alpha value is -3.99. The Labute approximate surface area is 212 Å². The number of benzene rings is 2. The predicted molar refractivity (Wildman–Crippen MR) is 134 cm³/mol. The third-order valence-corrected chi connectivity index (χ3v) is 8.38. The van der Waals surface area contributed by atoms with Crippen LogP contribution in [-0.2, 0) is 19.6 Å². The first kappa shape index (κ1) is 24.7. The van der Waals surface area contributed by atoms with E-state index in [-0.39, 0.29) is 35.2 Å². The molecule has 2 aromatic carbocycles. The van der Waals surface area contributed by atoms with E-state index in [4.69, 9.17) is 5.11 Å². The molecule has 4 aromatic rings. The van der Waals surface area contributed by atoms with E-state index in [2.05, 4.69) is 5.10 Å². The summed E-state index contributed by atoms with van der Waals surface area (Å²) in [4.78, 5) is 24.7. The van der Waals surface area contributed by atoms with Crippen LogP contribution in [-0.4, -0.2) is 57.1 Å². The van der Waals surface area contributed by atoms with E-state index in [1.54, 1.807) is 35.4 Å². The molecule has 5 rings (SSSR count). The van der Waals surface area contributed by atoms with Gasteiger partial charge in [-0.15, -0.1) is 0 Å². The molecule has 0 radical (unpaired) electrons. The molecule has 1 saturated heterocycles. The van der Waals surface area contributed by atoms with E-state index >= 15 is 0 Å². The monoisotopic (exact) mass is 524 g/mol. The number of aliphatic carboxylic acids is 1. The molecular weight excluding hydrogens is 499 g/mol. The number of hydrogen-bond donors (Lipinski definition) is 1. The van der Waals surface area contributed by atoms with Crippen LogP contribution in [0.15, 0.2) is 72.0 Å². The van der Waals surface area contributed by atoms with Crippen LogP contribution >= 0.6 is 0 Å². The van der Waals surface area contributed by atoms with Gasteiger partial charge in [-0.1, -0.05) is 18.2 Å². The number of halogens is 1. The molecule has 0 saturated carbocycles. The summed E-state index contributed by atoms with van der Waals surface area (Å²) in [6.45, 7) is 1.01. The van der Waals surface area contributed by atoms with Crippen LogP contribution in [0.3, 0.4) is 0 Å². The third-order valence-electron chi connectivity index (χ3n) is 6.69. The Kier molecular flexibility index (Phi) is 6.55. The Morgan fingerprint density at radius 2 is 1.76 bits per heavy atom. The zero-order chi connectivity index (χ0) is 26.2. The number of carboxylic acid groups (broad SMARTS) is 1. The Bertz CT molecular complexity index is 1570. The molecule has 1 aliphatic rings. The minimum absolute atomic E-state index is 0.0114. The largest absolute Gasteiger partial charge is 0.481 e. The molecule has 0 spiro atoms. The molecule has 0 unspecified atom stereocenters. The first-order valence-corrected chi connectivity index (χ1v) is 13.3. The summed E-state index contributed by atoms with van der Waals surface area (Å²) in [6, 6.07) is 12.1. The second-order valence-electron chi connectivity index (χ2n) is 9.03.